The topological polar surface area (TPSA) is 83.9 Å². The zero-order valence-electron chi connectivity index (χ0n) is 27.9. The number of guanidine groups is 5. The summed E-state index contributed by atoms with van der Waals surface area (Å²) in [5.41, 5.74) is 5.68. The lowest BCUT2D eigenvalue weighted by molar-refractivity contribution is 0.816. The average molecular weight is 674 g/mol. The predicted molar refractivity (Wildman–Crippen MR) is 211 cm³/mol. The molecule has 3 aliphatic rings. The summed E-state index contributed by atoms with van der Waals surface area (Å²) >= 11 is 0. The van der Waals surface area contributed by atoms with Crippen molar-refractivity contribution in [3.63, 3.8) is 0 Å². The highest BCUT2D eigenvalue weighted by Gasteiger charge is 2.39. The van der Waals surface area contributed by atoms with E-state index in [0.29, 0.717) is 35.6 Å². The Morgan fingerprint density at radius 2 is 0.635 bits per heavy atom. The molecule has 248 valence electrons. The summed E-state index contributed by atoms with van der Waals surface area (Å²) in [6.07, 6.45) is 0. The quantitative estimate of drug-likeness (QED) is 0.170. The minimum absolute atomic E-state index is 0.290. The molecule has 52 heavy (non-hydrogen) atoms. The van der Waals surface area contributed by atoms with Gasteiger partial charge in [-0.15, -0.1) is 0 Å². The molecule has 9 nitrogen and oxygen atoms in total. The van der Waals surface area contributed by atoms with E-state index in [1.165, 1.54) is 0 Å². The lowest BCUT2D eigenvalue weighted by Gasteiger charge is -2.35. The molecule has 0 saturated carbocycles. The van der Waals surface area contributed by atoms with Crippen LogP contribution in [0, 0.1) is 0 Å². The number of benzene rings is 6. The minimum Gasteiger partial charge on any atom is -0.279 e. The number of anilines is 4. The van der Waals surface area contributed by atoms with Gasteiger partial charge in [0.05, 0.1) is 5.92 Å². The van der Waals surface area contributed by atoms with Gasteiger partial charge in [-0.3, -0.25) is 9.80 Å². The van der Waals surface area contributed by atoms with Gasteiger partial charge in [-0.2, -0.15) is 30.0 Å². The van der Waals surface area contributed by atoms with Gasteiger partial charge in [-0.25, -0.2) is 4.90 Å². The van der Waals surface area contributed by atoms with Crippen molar-refractivity contribution in [3.8, 4) is 0 Å². The third-order valence-electron chi connectivity index (χ3n) is 8.81. The Morgan fingerprint density at radius 3 is 1.00 bits per heavy atom. The lowest BCUT2D eigenvalue weighted by atomic mass is 9.90. The van der Waals surface area contributed by atoms with Crippen LogP contribution in [0.15, 0.2) is 212 Å². The molecule has 3 heterocycles. The molecule has 0 amide bonds. The second-order valence-electron chi connectivity index (χ2n) is 12.1. The zero-order valence-corrected chi connectivity index (χ0v) is 27.9. The van der Waals surface area contributed by atoms with Crippen molar-refractivity contribution in [2.45, 2.75) is 5.92 Å². The van der Waals surface area contributed by atoms with Gasteiger partial charge in [-0.05, 0) is 59.7 Å². The Hall–Kier alpha value is -7.26. The highest BCUT2D eigenvalue weighted by atomic mass is 15.5. The maximum absolute atomic E-state index is 5.18. The van der Waals surface area contributed by atoms with Crippen molar-refractivity contribution in [1.29, 1.82) is 0 Å². The zero-order chi connectivity index (χ0) is 34.7. The van der Waals surface area contributed by atoms with Crippen LogP contribution in [-0.4, -0.2) is 40.5 Å². The molecule has 0 saturated heterocycles. The third kappa shape index (κ3) is 5.86. The van der Waals surface area contributed by atoms with Crippen LogP contribution in [0.25, 0.3) is 0 Å². The molecular formula is C43H31N9. The van der Waals surface area contributed by atoms with Crippen LogP contribution in [0.1, 0.15) is 17.0 Å². The van der Waals surface area contributed by atoms with E-state index in [1.807, 2.05) is 168 Å². The van der Waals surface area contributed by atoms with E-state index in [-0.39, 0.29) is 5.92 Å². The maximum atomic E-state index is 5.18. The van der Waals surface area contributed by atoms with E-state index in [1.54, 1.807) is 4.90 Å². The first-order valence-electron chi connectivity index (χ1n) is 17.0. The first-order chi connectivity index (χ1) is 25.8. The molecule has 6 aromatic rings. The van der Waals surface area contributed by atoms with E-state index in [9.17, 15) is 0 Å². The third-order valence-corrected chi connectivity index (χ3v) is 8.81. The van der Waals surface area contributed by atoms with Crippen molar-refractivity contribution in [1.82, 2.24) is 4.90 Å². The Balaban J connectivity index is 1.28. The molecule has 0 unspecified atom stereocenters. The van der Waals surface area contributed by atoms with E-state index >= 15 is 0 Å². The lowest BCUT2D eigenvalue weighted by Crippen LogP contribution is -2.51. The first-order valence-corrected chi connectivity index (χ1v) is 17.0. The molecule has 0 N–H and O–H groups in total. The standard InChI is InChI=1S/C43H31N9/c1-7-19-31(20-8-1)37(32-21-9-2-10-22-32)38-44-39-46-41(50(33-23-11-3-12-24-33)34-25-13-4-14-26-34)48-43-49-42(47-40(45-38)52(39)43)51(35-27-15-5-16-28-35)36-29-17-6-18-30-36/h1-30,37H. The number of para-hydroxylation sites is 4. The molecule has 0 aliphatic carbocycles. The molecule has 0 bridgehead atoms. The fourth-order valence-corrected chi connectivity index (χ4v) is 6.46. The first kappa shape index (κ1) is 30.8. The van der Waals surface area contributed by atoms with Crippen LogP contribution in [-0.2, 0) is 0 Å². The van der Waals surface area contributed by atoms with Gasteiger partial charge < -0.3 is 0 Å². The summed E-state index contributed by atoms with van der Waals surface area (Å²) in [5, 5.41) is 0. The Labute approximate surface area is 301 Å². The second kappa shape index (κ2) is 13.6. The summed E-state index contributed by atoms with van der Waals surface area (Å²) < 4.78 is 0. The van der Waals surface area contributed by atoms with Crippen molar-refractivity contribution in [3.05, 3.63) is 193 Å². The molecule has 0 radical (unpaired) electrons. The molecule has 0 atom stereocenters. The molecule has 0 spiro atoms. The SMILES string of the molecule is c1ccc(C(C2=NC3=NC(N(c4ccccc4)c4ccccc4)=NC4=NC(N(c5ccccc5)c5ccccc5)=NC(=N2)N34)c2ccccc2)cc1. The molecule has 0 fully saturated rings. The van der Waals surface area contributed by atoms with Crippen molar-refractivity contribution in [2.24, 2.45) is 30.0 Å². The summed E-state index contributed by atoms with van der Waals surface area (Å²) in [6, 6.07) is 60.8. The second-order valence-corrected chi connectivity index (χ2v) is 12.1. The van der Waals surface area contributed by atoms with Crippen molar-refractivity contribution >= 4 is 58.4 Å². The molecular weight excluding hydrogens is 643 g/mol. The van der Waals surface area contributed by atoms with Gasteiger partial charge in [0.2, 0.25) is 29.8 Å². The fourth-order valence-electron chi connectivity index (χ4n) is 6.46. The van der Waals surface area contributed by atoms with Crippen LogP contribution in [0.3, 0.4) is 0 Å². The fraction of sp³-hybridized carbons (Fsp3) is 0.0233. The van der Waals surface area contributed by atoms with E-state index in [0.717, 1.165) is 33.9 Å². The number of hydrogen-bond acceptors (Lipinski definition) is 9. The monoisotopic (exact) mass is 673 g/mol. The Bertz CT molecular complexity index is 2000. The van der Waals surface area contributed by atoms with Crippen LogP contribution < -0.4 is 9.80 Å². The predicted octanol–water partition coefficient (Wildman–Crippen LogP) is 9.02. The summed E-state index contributed by atoms with van der Waals surface area (Å²) in [7, 11) is 0. The molecule has 6 aromatic carbocycles. The molecule has 0 aromatic heterocycles. The van der Waals surface area contributed by atoms with Gasteiger partial charge in [-0.1, -0.05) is 133 Å². The molecule has 3 aliphatic heterocycles. The van der Waals surface area contributed by atoms with Gasteiger partial charge in [0.15, 0.2) is 0 Å². The largest absolute Gasteiger partial charge is 0.279 e. The number of aliphatic imine (C=N–C) groups is 6. The minimum atomic E-state index is -0.290. The maximum Gasteiger partial charge on any atom is 0.246 e. The summed E-state index contributed by atoms with van der Waals surface area (Å²) in [5.74, 6) is 2.21. The van der Waals surface area contributed by atoms with Gasteiger partial charge in [0.25, 0.3) is 0 Å². The smallest absolute Gasteiger partial charge is 0.246 e. The summed E-state index contributed by atoms with van der Waals surface area (Å²) in [4.78, 5) is 36.6. The van der Waals surface area contributed by atoms with E-state index in [4.69, 9.17) is 30.0 Å². The van der Waals surface area contributed by atoms with Crippen LogP contribution in [0.2, 0.25) is 0 Å². The van der Waals surface area contributed by atoms with Gasteiger partial charge >= 0.3 is 0 Å². The van der Waals surface area contributed by atoms with Crippen molar-refractivity contribution in [2.75, 3.05) is 9.80 Å². The van der Waals surface area contributed by atoms with Crippen LogP contribution in [0.4, 0.5) is 22.7 Å². The number of rotatable bonds is 7. The highest BCUT2D eigenvalue weighted by molar-refractivity contribution is 6.33. The highest BCUT2D eigenvalue weighted by Crippen LogP contribution is 2.34. The Kier molecular flexibility index (Phi) is 8.03. The van der Waals surface area contributed by atoms with Gasteiger partial charge in [0, 0.05) is 22.7 Å². The number of nitrogens with zero attached hydrogens (tertiary/aromatic N) is 9. The Morgan fingerprint density at radius 1 is 0.327 bits per heavy atom. The van der Waals surface area contributed by atoms with Crippen LogP contribution >= 0.6 is 0 Å². The van der Waals surface area contributed by atoms with Gasteiger partial charge in [0.1, 0.15) is 5.84 Å². The van der Waals surface area contributed by atoms with Crippen molar-refractivity contribution < 1.29 is 0 Å². The summed E-state index contributed by atoms with van der Waals surface area (Å²) in [6.45, 7) is 0. The normalized spacial score (nSPS) is 14.6. The molecule has 9 heteroatoms. The number of amidine groups is 1. The number of hydrogen-bond donors (Lipinski definition) is 0. The van der Waals surface area contributed by atoms with E-state index < -0.39 is 0 Å². The molecule has 9 rings (SSSR count). The van der Waals surface area contributed by atoms with Crippen LogP contribution in [0.5, 0.6) is 0 Å². The van der Waals surface area contributed by atoms with E-state index in [2.05, 4.69) is 24.3 Å². The average Bonchev–Trinajstić information content (AvgIpc) is 3.21.